The summed E-state index contributed by atoms with van der Waals surface area (Å²) in [7, 11) is 0. The average molecular weight is 275 g/mol. The summed E-state index contributed by atoms with van der Waals surface area (Å²) in [6.07, 6.45) is -2.77. The topological polar surface area (TPSA) is 67.1 Å². The fraction of sp³-hybridized carbons (Fsp3) is 0.636. The van der Waals surface area contributed by atoms with E-state index in [1.807, 2.05) is 6.92 Å². The van der Waals surface area contributed by atoms with Crippen molar-refractivity contribution in [2.24, 2.45) is 0 Å². The molecule has 1 aromatic rings. The zero-order valence-electron chi connectivity index (χ0n) is 10.5. The summed E-state index contributed by atoms with van der Waals surface area (Å²) >= 11 is 0. The summed E-state index contributed by atoms with van der Waals surface area (Å²) in [4.78, 5) is 9.09. The van der Waals surface area contributed by atoms with Crippen molar-refractivity contribution in [3.05, 3.63) is 6.07 Å². The van der Waals surface area contributed by atoms with Crippen LogP contribution >= 0.6 is 0 Å². The van der Waals surface area contributed by atoms with E-state index in [4.69, 9.17) is 5.73 Å². The minimum atomic E-state index is -4.26. The second-order valence-corrected chi connectivity index (χ2v) is 4.47. The molecule has 3 N–H and O–H groups in total. The van der Waals surface area contributed by atoms with Gasteiger partial charge in [-0.15, -0.1) is 0 Å². The molecule has 1 aliphatic carbocycles. The third-order valence-electron chi connectivity index (χ3n) is 2.72. The molecular formula is C11H16F3N5. The Morgan fingerprint density at radius 3 is 2.63 bits per heavy atom. The number of nitrogens with zero attached hydrogens (tertiary/aromatic N) is 3. The SMILES string of the molecule is CCNc1cc(N(CC(F)(F)F)C2CC2)nc(N)n1. The van der Waals surface area contributed by atoms with Gasteiger partial charge in [-0.3, -0.25) is 0 Å². The molecule has 106 valence electrons. The Morgan fingerprint density at radius 2 is 2.11 bits per heavy atom. The number of aromatic nitrogens is 2. The Morgan fingerprint density at radius 1 is 1.42 bits per heavy atom. The van der Waals surface area contributed by atoms with Gasteiger partial charge in [0.1, 0.15) is 18.2 Å². The van der Waals surface area contributed by atoms with Gasteiger partial charge in [0.05, 0.1) is 0 Å². The number of alkyl halides is 3. The molecule has 8 heteroatoms. The highest BCUT2D eigenvalue weighted by molar-refractivity contribution is 5.54. The van der Waals surface area contributed by atoms with Crippen LogP contribution in [-0.2, 0) is 0 Å². The van der Waals surface area contributed by atoms with Crippen molar-refractivity contribution in [3.63, 3.8) is 0 Å². The predicted molar refractivity (Wildman–Crippen MR) is 67.0 cm³/mol. The number of rotatable bonds is 5. The number of nitrogens with one attached hydrogen (secondary N) is 1. The van der Waals surface area contributed by atoms with Crippen molar-refractivity contribution < 1.29 is 13.2 Å². The molecule has 0 unspecified atom stereocenters. The van der Waals surface area contributed by atoms with Gasteiger partial charge in [-0.2, -0.15) is 23.1 Å². The van der Waals surface area contributed by atoms with Gasteiger partial charge in [0.25, 0.3) is 0 Å². The number of nitrogen functional groups attached to an aromatic ring is 1. The van der Waals surface area contributed by atoms with E-state index in [-0.39, 0.29) is 17.8 Å². The maximum Gasteiger partial charge on any atom is 0.405 e. The number of anilines is 3. The van der Waals surface area contributed by atoms with Crippen LogP contribution in [0.25, 0.3) is 0 Å². The van der Waals surface area contributed by atoms with Crippen molar-refractivity contribution >= 4 is 17.6 Å². The lowest BCUT2D eigenvalue weighted by atomic mass is 10.4. The molecular weight excluding hydrogens is 259 g/mol. The van der Waals surface area contributed by atoms with Crippen molar-refractivity contribution in [2.75, 3.05) is 29.0 Å². The number of hydrogen-bond donors (Lipinski definition) is 2. The zero-order chi connectivity index (χ0) is 14.0. The molecule has 0 aromatic carbocycles. The van der Waals surface area contributed by atoms with Gasteiger partial charge in [-0.05, 0) is 19.8 Å². The molecule has 1 saturated carbocycles. The van der Waals surface area contributed by atoms with E-state index in [2.05, 4.69) is 15.3 Å². The number of halogens is 3. The smallest absolute Gasteiger partial charge is 0.370 e. The first-order chi connectivity index (χ1) is 8.89. The third-order valence-corrected chi connectivity index (χ3v) is 2.72. The molecule has 19 heavy (non-hydrogen) atoms. The minimum absolute atomic E-state index is 0.0266. The predicted octanol–water partition coefficient (Wildman–Crippen LogP) is 2.02. The number of nitrogens with two attached hydrogens (primary N) is 1. The Hall–Kier alpha value is -1.73. The quantitative estimate of drug-likeness (QED) is 0.860. The van der Waals surface area contributed by atoms with Crippen molar-refractivity contribution in [1.29, 1.82) is 0 Å². The summed E-state index contributed by atoms with van der Waals surface area (Å²) in [6.45, 7) is 1.46. The van der Waals surface area contributed by atoms with Gasteiger partial charge in [-0.1, -0.05) is 0 Å². The fourth-order valence-electron chi connectivity index (χ4n) is 1.85. The highest BCUT2D eigenvalue weighted by Gasteiger charge is 2.39. The van der Waals surface area contributed by atoms with Crippen LogP contribution in [0, 0.1) is 0 Å². The average Bonchev–Trinajstić information content (AvgIpc) is 3.08. The van der Waals surface area contributed by atoms with Crippen LogP contribution in [0.15, 0.2) is 6.07 Å². The molecule has 0 radical (unpaired) electrons. The molecule has 1 aromatic heterocycles. The van der Waals surface area contributed by atoms with E-state index in [1.165, 1.54) is 11.0 Å². The lowest BCUT2D eigenvalue weighted by Gasteiger charge is -2.25. The molecule has 0 bridgehead atoms. The lowest BCUT2D eigenvalue weighted by molar-refractivity contribution is -0.120. The Labute approximate surface area is 109 Å². The van der Waals surface area contributed by atoms with Gasteiger partial charge in [0.2, 0.25) is 5.95 Å². The van der Waals surface area contributed by atoms with Gasteiger partial charge in [0.15, 0.2) is 0 Å². The molecule has 1 aliphatic rings. The molecule has 1 fully saturated rings. The molecule has 0 saturated heterocycles. The van der Waals surface area contributed by atoms with Crippen LogP contribution in [0.4, 0.5) is 30.8 Å². The first-order valence-corrected chi connectivity index (χ1v) is 6.11. The van der Waals surface area contributed by atoms with Crippen molar-refractivity contribution in [1.82, 2.24) is 9.97 Å². The van der Waals surface area contributed by atoms with Crippen LogP contribution in [0.5, 0.6) is 0 Å². The van der Waals surface area contributed by atoms with Gasteiger partial charge in [0, 0.05) is 18.7 Å². The molecule has 0 aliphatic heterocycles. The van der Waals surface area contributed by atoms with Gasteiger partial charge < -0.3 is 16.0 Å². The fourth-order valence-corrected chi connectivity index (χ4v) is 1.85. The molecule has 2 rings (SSSR count). The van der Waals surface area contributed by atoms with Crippen LogP contribution in [-0.4, -0.2) is 35.3 Å². The third kappa shape index (κ3) is 3.87. The summed E-state index contributed by atoms with van der Waals surface area (Å²) in [5, 5.41) is 2.93. The molecule has 0 spiro atoms. The van der Waals surface area contributed by atoms with Crippen LogP contribution < -0.4 is 16.0 Å². The Balaban J connectivity index is 2.25. The van der Waals surface area contributed by atoms with Crippen LogP contribution in [0.1, 0.15) is 19.8 Å². The second kappa shape index (κ2) is 5.10. The summed E-state index contributed by atoms with van der Waals surface area (Å²) in [5.41, 5.74) is 5.54. The van der Waals surface area contributed by atoms with E-state index < -0.39 is 12.7 Å². The highest BCUT2D eigenvalue weighted by atomic mass is 19.4. The summed E-state index contributed by atoms with van der Waals surface area (Å²) < 4.78 is 37.8. The molecule has 0 atom stereocenters. The normalized spacial score (nSPS) is 15.4. The summed E-state index contributed by atoms with van der Waals surface area (Å²) in [6, 6.07) is 1.40. The highest BCUT2D eigenvalue weighted by Crippen LogP contribution is 2.34. The van der Waals surface area contributed by atoms with Crippen LogP contribution in [0.3, 0.4) is 0 Å². The standard InChI is InChI=1S/C11H16F3N5/c1-2-16-8-5-9(18-10(15)17-8)19(7-3-4-7)6-11(12,13)14/h5,7H,2-4,6H2,1H3,(H3,15,16,17,18). The van der Waals surface area contributed by atoms with Crippen molar-refractivity contribution in [3.8, 4) is 0 Å². The van der Waals surface area contributed by atoms with E-state index in [9.17, 15) is 13.2 Å². The minimum Gasteiger partial charge on any atom is -0.370 e. The lowest BCUT2D eigenvalue weighted by Crippen LogP contribution is -2.36. The Kier molecular flexibility index (Phi) is 3.68. The maximum atomic E-state index is 12.6. The Bertz CT molecular complexity index is 444. The monoisotopic (exact) mass is 275 g/mol. The van der Waals surface area contributed by atoms with E-state index in [1.54, 1.807) is 0 Å². The van der Waals surface area contributed by atoms with Gasteiger partial charge in [-0.25, -0.2) is 0 Å². The molecule has 5 nitrogen and oxygen atoms in total. The largest absolute Gasteiger partial charge is 0.405 e. The van der Waals surface area contributed by atoms with Crippen LogP contribution in [0.2, 0.25) is 0 Å². The summed E-state index contributed by atoms with van der Waals surface area (Å²) in [5.74, 6) is 0.641. The first kappa shape index (κ1) is 13.7. The first-order valence-electron chi connectivity index (χ1n) is 6.11. The van der Waals surface area contributed by atoms with E-state index in [0.717, 1.165) is 12.8 Å². The zero-order valence-corrected chi connectivity index (χ0v) is 10.5. The van der Waals surface area contributed by atoms with E-state index >= 15 is 0 Å². The number of hydrogen-bond acceptors (Lipinski definition) is 5. The van der Waals surface area contributed by atoms with Crippen molar-refractivity contribution in [2.45, 2.75) is 32.0 Å². The maximum absolute atomic E-state index is 12.6. The van der Waals surface area contributed by atoms with E-state index in [0.29, 0.717) is 12.4 Å². The molecule has 0 amide bonds. The molecule has 1 heterocycles. The second-order valence-electron chi connectivity index (χ2n) is 4.47. The van der Waals surface area contributed by atoms with Gasteiger partial charge >= 0.3 is 6.18 Å².